The number of nitrogens with zero attached hydrogens (tertiary/aromatic N) is 5. The van der Waals surface area contributed by atoms with E-state index in [4.69, 9.17) is 0 Å². The predicted molar refractivity (Wildman–Crippen MR) is 101 cm³/mol. The molecule has 0 saturated carbocycles. The van der Waals surface area contributed by atoms with Gasteiger partial charge in [0.15, 0.2) is 0 Å². The number of hydrogen-bond donors (Lipinski definition) is 0. The van der Waals surface area contributed by atoms with Crippen molar-refractivity contribution in [2.45, 2.75) is 25.4 Å². The molecule has 2 amide bonds. The Morgan fingerprint density at radius 2 is 1.96 bits per heavy atom. The standard InChI is InChI=1S/C20H23N5O2/c1-16(26)25-13-19(27)24(18-3-2-7-22-11-18)15-20(25)6-10-23(14-20)12-17-4-8-21-9-5-17/h2-5,7-9,11H,6,10,12-15H2,1H3/t20-/m1/s1. The molecule has 1 atom stereocenters. The van der Waals surface area contributed by atoms with E-state index in [-0.39, 0.29) is 23.9 Å². The second kappa shape index (κ2) is 7.08. The highest BCUT2D eigenvalue weighted by atomic mass is 16.2. The zero-order chi connectivity index (χ0) is 18.9. The minimum atomic E-state index is -0.359. The zero-order valence-corrected chi connectivity index (χ0v) is 15.4. The first-order chi connectivity index (χ1) is 13.1. The molecule has 27 heavy (non-hydrogen) atoms. The molecule has 0 radical (unpaired) electrons. The number of rotatable bonds is 3. The van der Waals surface area contributed by atoms with Gasteiger partial charge >= 0.3 is 0 Å². The van der Waals surface area contributed by atoms with Crippen LogP contribution in [0.25, 0.3) is 0 Å². The lowest BCUT2D eigenvalue weighted by Gasteiger charge is -2.48. The van der Waals surface area contributed by atoms with E-state index in [1.807, 2.05) is 24.3 Å². The molecule has 0 aromatic carbocycles. The lowest BCUT2D eigenvalue weighted by molar-refractivity contribution is -0.142. The summed E-state index contributed by atoms with van der Waals surface area (Å²) in [6.45, 7) is 4.63. The Hall–Kier alpha value is -2.80. The van der Waals surface area contributed by atoms with Crippen molar-refractivity contribution in [3.05, 3.63) is 54.6 Å². The molecule has 2 aliphatic heterocycles. The lowest BCUT2D eigenvalue weighted by atomic mass is 9.92. The molecule has 2 saturated heterocycles. The van der Waals surface area contributed by atoms with Crippen molar-refractivity contribution in [2.24, 2.45) is 0 Å². The first kappa shape index (κ1) is 17.6. The molecule has 0 bridgehead atoms. The van der Waals surface area contributed by atoms with E-state index in [2.05, 4.69) is 14.9 Å². The molecule has 0 N–H and O–H groups in total. The number of amides is 2. The zero-order valence-electron chi connectivity index (χ0n) is 15.4. The van der Waals surface area contributed by atoms with Crippen LogP contribution >= 0.6 is 0 Å². The van der Waals surface area contributed by atoms with Crippen LogP contribution in [0.3, 0.4) is 0 Å². The van der Waals surface area contributed by atoms with Gasteiger partial charge in [-0.05, 0) is 36.2 Å². The largest absolute Gasteiger partial charge is 0.325 e. The predicted octanol–water partition coefficient (Wildman–Crippen LogP) is 1.32. The molecule has 140 valence electrons. The molecule has 7 nitrogen and oxygen atoms in total. The summed E-state index contributed by atoms with van der Waals surface area (Å²) in [5, 5.41) is 0. The average Bonchev–Trinajstić information content (AvgIpc) is 3.07. The van der Waals surface area contributed by atoms with Crippen LogP contribution in [0.1, 0.15) is 18.9 Å². The summed E-state index contributed by atoms with van der Waals surface area (Å²) in [6, 6.07) is 7.75. The average molecular weight is 365 g/mol. The summed E-state index contributed by atoms with van der Waals surface area (Å²) in [5.41, 5.74) is 1.63. The van der Waals surface area contributed by atoms with E-state index in [0.29, 0.717) is 6.54 Å². The van der Waals surface area contributed by atoms with Crippen molar-refractivity contribution in [3.63, 3.8) is 0 Å². The molecule has 2 aromatic rings. The van der Waals surface area contributed by atoms with E-state index in [1.54, 1.807) is 41.5 Å². The number of anilines is 1. The molecule has 4 heterocycles. The second-order valence-corrected chi connectivity index (χ2v) is 7.34. The van der Waals surface area contributed by atoms with Gasteiger partial charge in [0.25, 0.3) is 0 Å². The summed E-state index contributed by atoms with van der Waals surface area (Å²) in [4.78, 5) is 39.2. The third-order valence-electron chi connectivity index (χ3n) is 5.52. The maximum Gasteiger partial charge on any atom is 0.246 e. The highest BCUT2D eigenvalue weighted by Crippen LogP contribution is 2.34. The molecule has 4 rings (SSSR count). The smallest absolute Gasteiger partial charge is 0.246 e. The molecule has 0 aliphatic carbocycles. The summed E-state index contributed by atoms with van der Waals surface area (Å²) < 4.78 is 0. The fourth-order valence-electron chi connectivity index (χ4n) is 4.22. The third-order valence-corrected chi connectivity index (χ3v) is 5.52. The van der Waals surface area contributed by atoms with Gasteiger partial charge in [-0.1, -0.05) is 0 Å². The van der Waals surface area contributed by atoms with Crippen molar-refractivity contribution in [1.82, 2.24) is 19.8 Å². The van der Waals surface area contributed by atoms with Gasteiger partial charge in [-0.15, -0.1) is 0 Å². The fourth-order valence-corrected chi connectivity index (χ4v) is 4.22. The van der Waals surface area contributed by atoms with Gasteiger partial charge in [0.05, 0.1) is 24.0 Å². The molecule has 2 aromatic heterocycles. The third kappa shape index (κ3) is 3.42. The maximum absolute atomic E-state index is 12.7. The molecule has 1 spiro atoms. The van der Waals surface area contributed by atoms with Gasteiger partial charge in [0.1, 0.15) is 6.54 Å². The Balaban J connectivity index is 1.58. The van der Waals surface area contributed by atoms with Crippen LogP contribution in [-0.2, 0) is 16.1 Å². The van der Waals surface area contributed by atoms with E-state index in [1.165, 1.54) is 5.56 Å². The monoisotopic (exact) mass is 365 g/mol. The van der Waals surface area contributed by atoms with Crippen molar-refractivity contribution >= 4 is 17.5 Å². The first-order valence-corrected chi connectivity index (χ1v) is 9.17. The number of aromatic nitrogens is 2. The molecular formula is C20H23N5O2. The van der Waals surface area contributed by atoms with Crippen LogP contribution in [0.4, 0.5) is 5.69 Å². The Bertz CT molecular complexity index is 829. The molecule has 7 heteroatoms. The number of carbonyl (C=O) groups is 2. The van der Waals surface area contributed by atoms with Crippen molar-refractivity contribution in [2.75, 3.05) is 31.1 Å². The van der Waals surface area contributed by atoms with E-state index in [9.17, 15) is 9.59 Å². The molecular weight excluding hydrogens is 342 g/mol. The van der Waals surface area contributed by atoms with E-state index >= 15 is 0 Å². The first-order valence-electron chi connectivity index (χ1n) is 9.17. The van der Waals surface area contributed by atoms with Crippen LogP contribution in [0.5, 0.6) is 0 Å². The Morgan fingerprint density at radius 1 is 1.15 bits per heavy atom. The lowest BCUT2D eigenvalue weighted by Crippen LogP contribution is -2.66. The summed E-state index contributed by atoms with van der Waals surface area (Å²) in [6.07, 6.45) is 7.85. The number of carbonyl (C=O) groups excluding carboxylic acids is 2. The minimum Gasteiger partial charge on any atom is -0.325 e. The summed E-state index contributed by atoms with van der Waals surface area (Å²) >= 11 is 0. The summed E-state index contributed by atoms with van der Waals surface area (Å²) in [7, 11) is 0. The summed E-state index contributed by atoms with van der Waals surface area (Å²) in [5.74, 6) is -0.101. The SMILES string of the molecule is CC(=O)N1CC(=O)N(c2cccnc2)C[C@]12CCN(Cc1ccncc1)C2. The normalized spacial score (nSPS) is 23.2. The van der Waals surface area contributed by atoms with E-state index < -0.39 is 0 Å². The quantitative estimate of drug-likeness (QED) is 0.820. The van der Waals surface area contributed by atoms with Crippen molar-refractivity contribution < 1.29 is 9.59 Å². The highest BCUT2D eigenvalue weighted by molar-refractivity contribution is 5.98. The van der Waals surface area contributed by atoms with Crippen LogP contribution in [-0.4, -0.2) is 63.3 Å². The number of pyridine rings is 2. The van der Waals surface area contributed by atoms with Crippen LogP contribution in [0.15, 0.2) is 49.1 Å². The van der Waals surface area contributed by atoms with Crippen LogP contribution < -0.4 is 4.90 Å². The fraction of sp³-hybridized carbons (Fsp3) is 0.400. The van der Waals surface area contributed by atoms with Gasteiger partial charge < -0.3 is 9.80 Å². The van der Waals surface area contributed by atoms with Gasteiger partial charge in [-0.25, -0.2) is 0 Å². The number of hydrogen-bond acceptors (Lipinski definition) is 5. The van der Waals surface area contributed by atoms with Crippen LogP contribution in [0.2, 0.25) is 0 Å². The molecule has 0 unspecified atom stereocenters. The van der Waals surface area contributed by atoms with Gasteiger partial charge in [-0.3, -0.25) is 24.5 Å². The minimum absolute atomic E-state index is 0.0417. The Labute approximate surface area is 158 Å². The maximum atomic E-state index is 12.7. The van der Waals surface area contributed by atoms with E-state index in [0.717, 1.165) is 31.7 Å². The van der Waals surface area contributed by atoms with Gasteiger partial charge in [0.2, 0.25) is 11.8 Å². The van der Waals surface area contributed by atoms with Gasteiger partial charge in [0, 0.05) is 45.1 Å². The van der Waals surface area contributed by atoms with Gasteiger partial charge in [-0.2, -0.15) is 0 Å². The Morgan fingerprint density at radius 3 is 2.67 bits per heavy atom. The van der Waals surface area contributed by atoms with Crippen molar-refractivity contribution in [1.29, 1.82) is 0 Å². The second-order valence-electron chi connectivity index (χ2n) is 7.34. The Kier molecular flexibility index (Phi) is 4.61. The highest BCUT2D eigenvalue weighted by Gasteiger charge is 2.50. The number of likely N-dealkylation sites (tertiary alicyclic amines) is 1. The topological polar surface area (TPSA) is 69.6 Å². The van der Waals surface area contributed by atoms with Crippen LogP contribution in [0, 0.1) is 0 Å². The molecule has 2 fully saturated rings. The number of piperazine rings is 1. The van der Waals surface area contributed by atoms with Crippen molar-refractivity contribution in [3.8, 4) is 0 Å². The molecule has 2 aliphatic rings.